The monoisotopic (exact) mass is 450 g/mol. The fraction of sp³-hybridized carbons (Fsp3) is 0.385. The van der Waals surface area contributed by atoms with Gasteiger partial charge in [0.2, 0.25) is 6.79 Å². The Morgan fingerprint density at radius 3 is 2.33 bits per heavy atom. The Labute approximate surface area is 196 Å². The molecule has 0 saturated heterocycles. The Morgan fingerprint density at radius 2 is 1.67 bits per heavy atom. The van der Waals surface area contributed by atoms with Crippen LogP contribution < -0.4 is 14.8 Å². The summed E-state index contributed by atoms with van der Waals surface area (Å²) >= 11 is 0. The first kappa shape index (κ1) is 24.3. The molecule has 0 fully saturated rings. The maximum atomic E-state index is 13.3. The van der Waals surface area contributed by atoms with Crippen molar-refractivity contribution in [3.8, 4) is 22.6 Å². The lowest BCUT2D eigenvalue weighted by Crippen LogP contribution is -2.31. The van der Waals surface area contributed by atoms with Gasteiger partial charge in [-0.3, -0.25) is 4.79 Å². The van der Waals surface area contributed by atoms with Gasteiger partial charge >= 0.3 is 0 Å². The summed E-state index contributed by atoms with van der Waals surface area (Å²) < 4.78 is 10.9. The van der Waals surface area contributed by atoms with Gasteiger partial charge in [0.15, 0.2) is 11.5 Å². The molecule has 4 rings (SSSR count). The normalized spacial score (nSPS) is 11.8. The number of rotatable bonds is 6. The molecule has 3 aromatic rings. The minimum atomic E-state index is 0.0288. The van der Waals surface area contributed by atoms with E-state index in [4.69, 9.17) is 9.47 Å². The van der Waals surface area contributed by atoms with E-state index >= 15 is 0 Å². The van der Waals surface area contributed by atoms with Crippen LogP contribution in [-0.2, 0) is 0 Å². The van der Waals surface area contributed by atoms with E-state index in [1.807, 2.05) is 87.4 Å². The number of carbonyl (C=O) groups is 1. The van der Waals surface area contributed by atoms with Crippen molar-refractivity contribution in [1.82, 2.24) is 14.8 Å². The second-order valence-corrected chi connectivity index (χ2v) is 8.33. The van der Waals surface area contributed by atoms with Gasteiger partial charge in [-0.15, -0.1) is 0 Å². The third-order valence-corrected chi connectivity index (χ3v) is 5.16. The highest BCUT2D eigenvalue weighted by Gasteiger charge is 2.19. The molecule has 7 nitrogen and oxygen atoms in total. The van der Waals surface area contributed by atoms with E-state index in [9.17, 15) is 4.79 Å². The highest BCUT2D eigenvalue weighted by atomic mass is 16.7. The molecule has 33 heavy (non-hydrogen) atoms. The summed E-state index contributed by atoms with van der Waals surface area (Å²) in [4.78, 5) is 21.8. The van der Waals surface area contributed by atoms with Gasteiger partial charge in [0.05, 0.1) is 11.1 Å². The first-order chi connectivity index (χ1) is 15.9. The Morgan fingerprint density at radius 1 is 1.00 bits per heavy atom. The summed E-state index contributed by atoms with van der Waals surface area (Å²) in [7, 11) is 7.81. The third kappa shape index (κ3) is 5.73. The maximum absolute atomic E-state index is 13.3. The average molecular weight is 451 g/mol. The van der Waals surface area contributed by atoms with Crippen LogP contribution in [0, 0.1) is 0 Å². The van der Waals surface area contributed by atoms with E-state index in [1.165, 1.54) is 0 Å². The highest BCUT2D eigenvalue weighted by molar-refractivity contribution is 6.08. The second-order valence-electron chi connectivity index (χ2n) is 8.33. The van der Waals surface area contributed by atoms with Crippen LogP contribution >= 0.6 is 0 Å². The van der Waals surface area contributed by atoms with Crippen molar-refractivity contribution in [1.29, 1.82) is 0 Å². The van der Waals surface area contributed by atoms with E-state index in [1.54, 1.807) is 0 Å². The molecule has 1 aromatic heterocycles. The Kier molecular flexibility index (Phi) is 8.11. The number of aromatic nitrogens is 1. The lowest BCUT2D eigenvalue weighted by molar-refractivity contribution is 0.0766. The zero-order chi connectivity index (χ0) is 24.0. The van der Waals surface area contributed by atoms with Crippen molar-refractivity contribution in [2.24, 2.45) is 0 Å². The van der Waals surface area contributed by atoms with Gasteiger partial charge in [-0.2, -0.15) is 0 Å². The number of pyridine rings is 1. The van der Waals surface area contributed by atoms with Gasteiger partial charge in [-0.1, -0.05) is 19.1 Å². The summed E-state index contributed by atoms with van der Waals surface area (Å²) in [5.41, 5.74) is 3.46. The van der Waals surface area contributed by atoms with Crippen LogP contribution in [-0.4, -0.2) is 68.8 Å². The van der Waals surface area contributed by atoms with Gasteiger partial charge in [0, 0.05) is 25.5 Å². The van der Waals surface area contributed by atoms with Gasteiger partial charge in [-0.25, -0.2) is 4.98 Å². The zero-order valence-electron chi connectivity index (χ0n) is 20.4. The Balaban J connectivity index is 0.000000709. The van der Waals surface area contributed by atoms with Gasteiger partial charge < -0.3 is 24.6 Å². The third-order valence-electron chi connectivity index (χ3n) is 5.16. The molecular formula is C26H34N4O3. The molecule has 0 radical (unpaired) electrons. The molecule has 2 heterocycles. The van der Waals surface area contributed by atoms with E-state index in [-0.39, 0.29) is 12.7 Å². The van der Waals surface area contributed by atoms with Crippen molar-refractivity contribution in [3.05, 3.63) is 48.0 Å². The van der Waals surface area contributed by atoms with Crippen LogP contribution in [0.3, 0.4) is 0 Å². The molecule has 0 saturated carbocycles. The SMILES string of the molecule is CCCN(CC)C(=O)c1cc(NC)nc2ccc(-c3ccc4c(c3)OCO4)cc12.CN(C)C. The smallest absolute Gasteiger partial charge is 0.254 e. The zero-order valence-corrected chi connectivity index (χ0v) is 20.4. The molecule has 7 heteroatoms. The lowest BCUT2D eigenvalue weighted by Gasteiger charge is -2.21. The quantitative estimate of drug-likeness (QED) is 0.586. The molecule has 1 aliphatic heterocycles. The summed E-state index contributed by atoms with van der Waals surface area (Å²) in [5, 5.41) is 3.91. The van der Waals surface area contributed by atoms with E-state index in [0.29, 0.717) is 17.9 Å². The van der Waals surface area contributed by atoms with Crippen LogP contribution in [0.1, 0.15) is 30.6 Å². The number of hydrogen-bond donors (Lipinski definition) is 1. The minimum Gasteiger partial charge on any atom is -0.454 e. The molecule has 1 N–H and O–H groups in total. The number of nitrogens with zero attached hydrogens (tertiary/aromatic N) is 3. The molecule has 0 aliphatic carbocycles. The maximum Gasteiger partial charge on any atom is 0.254 e. The van der Waals surface area contributed by atoms with Crippen molar-refractivity contribution in [2.75, 3.05) is 53.4 Å². The van der Waals surface area contributed by atoms with Crippen molar-refractivity contribution in [3.63, 3.8) is 0 Å². The van der Waals surface area contributed by atoms with Crippen molar-refractivity contribution in [2.45, 2.75) is 20.3 Å². The number of nitrogens with one attached hydrogen (secondary N) is 1. The number of anilines is 1. The van der Waals surface area contributed by atoms with Crippen LogP contribution in [0.5, 0.6) is 11.5 Å². The molecule has 0 spiro atoms. The molecule has 1 aliphatic rings. The van der Waals surface area contributed by atoms with Crippen LogP contribution in [0.4, 0.5) is 5.82 Å². The number of hydrogen-bond acceptors (Lipinski definition) is 6. The second kappa shape index (κ2) is 11.0. The molecule has 0 atom stereocenters. The van der Waals surface area contributed by atoms with E-state index < -0.39 is 0 Å². The van der Waals surface area contributed by atoms with Crippen LogP contribution in [0.25, 0.3) is 22.0 Å². The van der Waals surface area contributed by atoms with E-state index in [0.717, 1.165) is 46.5 Å². The lowest BCUT2D eigenvalue weighted by atomic mass is 9.99. The number of amides is 1. The Hall–Kier alpha value is -3.32. The molecule has 2 aromatic carbocycles. The Bertz CT molecular complexity index is 1110. The molecule has 1 amide bonds. The summed E-state index contributed by atoms with van der Waals surface area (Å²) in [5.74, 6) is 2.21. The van der Waals surface area contributed by atoms with Crippen molar-refractivity contribution >= 4 is 22.6 Å². The first-order valence-electron chi connectivity index (χ1n) is 11.3. The predicted molar refractivity (Wildman–Crippen MR) is 134 cm³/mol. The largest absolute Gasteiger partial charge is 0.454 e. The van der Waals surface area contributed by atoms with E-state index in [2.05, 4.69) is 17.2 Å². The standard InChI is InChI=1S/C23H25N3O3.C3H9N/c1-4-10-26(5-2)23(27)18-13-22(24-3)25-19-8-6-15(11-17(18)19)16-7-9-20-21(12-16)29-14-28-20;1-4(2)3/h6-9,11-13H,4-5,10,14H2,1-3H3,(H,24,25);1-3H3. The number of carbonyl (C=O) groups excluding carboxylic acids is 1. The average Bonchev–Trinajstić information content (AvgIpc) is 3.28. The van der Waals surface area contributed by atoms with Gasteiger partial charge in [0.25, 0.3) is 5.91 Å². The van der Waals surface area contributed by atoms with Gasteiger partial charge in [-0.05, 0) is 75.9 Å². The minimum absolute atomic E-state index is 0.0288. The fourth-order valence-electron chi connectivity index (χ4n) is 3.63. The van der Waals surface area contributed by atoms with Crippen molar-refractivity contribution < 1.29 is 14.3 Å². The summed E-state index contributed by atoms with van der Waals surface area (Å²) in [6.07, 6.45) is 0.921. The topological polar surface area (TPSA) is 66.9 Å². The number of benzene rings is 2. The van der Waals surface area contributed by atoms with Crippen LogP contribution in [0.15, 0.2) is 42.5 Å². The number of ether oxygens (including phenoxy) is 2. The molecular weight excluding hydrogens is 416 g/mol. The molecule has 176 valence electrons. The fourth-order valence-corrected chi connectivity index (χ4v) is 3.63. The van der Waals surface area contributed by atoms with Gasteiger partial charge in [0.1, 0.15) is 5.82 Å². The molecule has 0 unspecified atom stereocenters. The summed E-state index contributed by atoms with van der Waals surface area (Å²) in [6, 6.07) is 13.7. The summed E-state index contributed by atoms with van der Waals surface area (Å²) in [6.45, 7) is 5.74. The number of fused-ring (bicyclic) bond motifs is 2. The highest BCUT2D eigenvalue weighted by Crippen LogP contribution is 2.37. The van der Waals surface area contributed by atoms with Crippen LogP contribution in [0.2, 0.25) is 0 Å². The predicted octanol–water partition coefficient (Wildman–Crippen LogP) is 4.72. The first-order valence-corrected chi connectivity index (χ1v) is 11.3. The molecule has 0 bridgehead atoms.